The van der Waals surface area contributed by atoms with E-state index >= 15 is 0 Å². The van der Waals surface area contributed by atoms with Gasteiger partial charge in [0.1, 0.15) is 0 Å². The molecule has 0 spiro atoms. The van der Waals surface area contributed by atoms with Crippen LogP contribution >= 0.6 is 0 Å². The third kappa shape index (κ3) is 3.09. The molecule has 0 saturated carbocycles. The molecule has 0 radical (unpaired) electrons. The first kappa shape index (κ1) is 12.6. The van der Waals surface area contributed by atoms with E-state index in [1.165, 1.54) is 6.20 Å². The zero-order valence-electron chi connectivity index (χ0n) is 10.2. The number of benzene rings is 1. The van der Waals surface area contributed by atoms with Crippen LogP contribution in [0, 0.1) is 6.92 Å². The Morgan fingerprint density at radius 3 is 2.21 bits per heavy atom. The summed E-state index contributed by atoms with van der Waals surface area (Å²) in [5.41, 5.74) is 7.35. The van der Waals surface area contributed by atoms with E-state index < -0.39 is 6.03 Å². The molecule has 0 unspecified atom stereocenters. The lowest BCUT2D eigenvalue weighted by molar-refractivity contribution is 0.102. The second-order valence-corrected chi connectivity index (χ2v) is 3.93. The topological polar surface area (TPSA) is 113 Å². The minimum atomic E-state index is -0.634. The number of amides is 3. The van der Waals surface area contributed by atoms with E-state index in [4.69, 9.17) is 5.73 Å². The number of rotatable bonds is 3. The number of carbonyl (C=O) groups excluding carboxylic acids is 2. The quantitative estimate of drug-likeness (QED) is 0.669. The third-order valence-corrected chi connectivity index (χ3v) is 2.48. The Morgan fingerprint density at radius 2 is 1.74 bits per heavy atom. The van der Waals surface area contributed by atoms with Gasteiger partial charge in [0.05, 0.1) is 11.8 Å². The van der Waals surface area contributed by atoms with Gasteiger partial charge in [-0.3, -0.25) is 9.89 Å². The number of hydrogen-bond acceptors (Lipinski definition) is 3. The van der Waals surface area contributed by atoms with Gasteiger partial charge in [0.2, 0.25) is 0 Å². The number of anilines is 2. The van der Waals surface area contributed by atoms with Crippen molar-refractivity contribution in [3.63, 3.8) is 0 Å². The van der Waals surface area contributed by atoms with Gasteiger partial charge < -0.3 is 16.4 Å². The highest BCUT2D eigenvalue weighted by molar-refractivity contribution is 6.04. The Morgan fingerprint density at radius 1 is 1.16 bits per heavy atom. The fourth-order valence-corrected chi connectivity index (χ4v) is 1.56. The molecule has 2 aromatic rings. The van der Waals surface area contributed by atoms with E-state index in [0.29, 0.717) is 22.6 Å². The van der Waals surface area contributed by atoms with E-state index in [9.17, 15) is 9.59 Å². The van der Waals surface area contributed by atoms with Crippen LogP contribution in [0.25, 0.3) is 0 Å². The van der Waals surface area contributed by atoms with Gasteiger partial charge in [0.25, 0.3) is 5.91 Å². The molecular weight excluding hydrogens is 246 g/mol. The van der Waals surface area contributed by atoms with Crippen molar-refractivity contribution < 1.29 is 9.59 Å². The van der Waals surface area contributed by atoms with Gasteiger partial charge in [-0.05, 0) is 31.2 Å². The Kier molecular flexibility index (Phi) is 3.46. The number of nitrogens with two attached hydrogens (primary N) is 1. The van der Waals surface area contributed by atoms with E-state index in [0.717, 1.165) is 0 Å². The molecule has 7 heteroatoms. The number of nitrogens with one attached hydrogen (secondary N) is 3. The van der Waals surface area contributed by atoms with Crippen molar-refractivity contribution in [3.05, 3.63) is 41.7 Å². The van der Waals surface area contributed by atoms with Gasteiger partial charge in [-0.2, -0.15) is 5.10 Å². The summed E-state index contributed by atoms with van der Waals surface area (Å²) in [7, 11) is 0. The number of primary amides is 1. The van der Waals surface area contributed by atoms with Gasteiger partial charge in [-0.15, -0.1) is 0 Å². The van der Waals surface area contributed by atoms with E-state index in [-0.39, 0.29) is 5.91 Å². The molecular formula is C12H13N5O2. The summed E-state index contributed by atoms with van der Waals surface area (Å²) < 4.78 is 0. The molecule has 1 aromatic heterocycles. The molecule has 0 bridgehead atoms. The van der Waals surface area contributed by atoms with Gasteiger partial charge in [-0.25, -0.2) is 4.79 Å². The summed E-state index contributed by atoms with van der Waals surface area (Å²) in [4.78, 5) is 22.6. The second-order valence-electron chi connectivity index (χ2n) is 3.93. The molecule has 2 rings (SSSR count). The van der Waals surface area contributed by atoms with E-state index in [1.807, 2.05) is 0 Å². The molecule has 0 aliphatic rings. The summed E-state index contributed by atoms with van der Waals surface area (Å²) in [6.07, 6.45) is 1.47. The molecule has 19 heavy (non-hydrogen) atoms. The number of hydrogen-bond donors (Lipinski definition) is 4. The van der Waals surface area contributed by atoms with Crippen molar-refractivity contribution in [2.24, 2.45) is 5.73 Å². The van der Waals surface area contributed by atoms with Crippen LogP contribution in [0.3, 0.4) is 0 Å². The molecule has 0 saturated heterocycles. The van der Waals surface area contributed by atoms with Crippen LogP contribution in [0.4, 0.5) is 16.2 Å². The molecule has 3 amide bonds. The molecule has 1 heterocycles. The maximum atomic E-state index is 11.9. The summed E-state index contributed by atoms with van der Waals surface area (Å²) >= 11 is 0. The smallest absolute Gasteiger partial charge is 0.316 e. The normalized spacial score (nSPS) is 9.95. The standard InChI is InChI=1S/C12H13N5O2/c1-7-10(6-14-17-7)11(18)15-8-2-4-9(5-3-8)16-12(13)19/h2-6H,1H3,(H,14,17)(H,15,18)(H3,13,16,19). The zero-order valence-corrected chi connectivity index (χ0v) is 10.2. The van der Waals surface area contributed by atoms with E-state index in [2.05, 4.69) is 20.8 Å². The highest BCUT2D eigenvalue weighted by atomic mass is 16.2. The van der Waals surface area contributed by atoms with Crippen LogP contribution in [-0.2, 0) is 0 Å². The third-order valence-electron chi connectivity index (χ3n) is 2.48. The fraction of sp³-hybridized carbons (Fsp3) is 0.0833. The number of carbonyl (C=O) groups is 2. The lowest BCUT2D eigenvalue weighted by Crippen LogP contribution is -2.19. The van der Waals surface area contributed by atoms with Crippen LogP contribution in [0.15, 0.2) is 30.5 Å². The van der Waals surface area contributed by atoms with Crippen molar-refractivity contribution in [1.82, 2.24) is 10.2 Å². The summed E-state index contributed by atoms with van der Waals surface area (Å²) in [6.45, 7) is 1.77. The first-order chi connectivity index (χ1) is 9.06. The Labute approximate surface area is 109 Å². The average molecular weight is 259 g/mol. The number of aromatic amines is 1. The van der Waals surface area contributed by atoms with Gasteiger partial charge in [0.15, 0.2) is 0 Å². The number of aromatic nitrogens is 2. The first-order valence-electron chi connectivity index (χ1n) is 5.54. The van der Waals surface area contributed by atoms with Gasteiger partial charge in [0, 0.05) is 17.1 Å². The highest BCUT2D eigenvalue weighted by Crippen LogP contribution is 2.15. The summed E-state index contributed by atoms with van der Waals surface area (Å²) in [5.74, 6) is -0.248. The Bertz CT molecular complexity index is 603. The lowest BCUT2D eigenvalue weighted by Gasteiger charge is -2.06. The van der Waals surface area contributed by atoms with Crippen LogP contribution in [-0.4, -0.2) is 22.1 Å². The maximum absolute atomic E-state index is 11.9. The van der Waals surface area contributed by atoms with Crippen molar-refractivity contribution in [2.75, 3.05) is 10.6 Å². The number of H-pyrrole nitrogens is 1. The predicted octanol–water partition coefficient (Wildman–Crippen LogP) is 1.46. The Hall–Kier alpha value is -2.83. The first-order valence-corrected chi connectivity index (χ1v) is 5.54. The molecule has 98 valence electrons. The molecule has 0 aliphatic carbocycles. The van der Waals surface area contributed by atoms with E-state index in [1.54, 1.807) is 31.2 Å². The average Bonchev–Trinajstić information content (AvgIpc) is 2.77. The number of aryl methyl sites for hydroxylation is 1. The van der Waals surface area contributed by atoms with Crippen LogP contribution in [0.5, 0.6) is 0 Å². The zero-order chi connectivity index (χ0) is 13.8. The number of urea groups is 1. The molecule has 0 fully saturated rings. The molecule has 0 atom stereocenters. The summed E-state index contributed by atoms with van der Waals surface area (Å²) in [6, 6.07) is 5.98. The molecule has 0 aliphatic heterocycles. The highest BCUT2D eigenvalue weighted by Gasteiger charge is 2.10. The SMILES string of the molecule is Cc1[nH]ncc1C(=O)Nc1ccc(NC(N)=O)cc1. The minimum absolute atomic E-state index is 0.248. The number of nitrogens with zero attached hydrogens (tertiary/aromatic N) is 1. The Balaban J connectivity index is 2.06. The van der Waals surface area contributed by atoms with Crippen LogP contribution < -0.4 is 16.4 Å². The van der Waals surface area contributed by atoms with Crippen molar-refractivity contribution in [3.8, 4) is 0 Å². The maximum Gasteiger partial charge on any atom is 0.316 e. The lowest BCUT2D eigenvalue weighted by atomic mass is 10.2. The minimum Gasteiger partial charge on any atom is -0.351 e. The largest absolute Gasteiger partial charge is 0.351 e. The molecule has 7 nitrogen and oxygen atoms in total. The van der Waals surface area contributed by atoms with Crippen molar-refractivity contribution in [2.45, 2.75) is 6.92 Å². The fourth-order valence-electron chi connectivity index (χ4n) is 1.56. The van der Waals surface area contributed by atoms with Crippen molar-refractivity contribution in [1.29, 1.82) is 0 Å². The monoisotopic (exact) mass is 259 g/mol. The summed E-state index contributed by atoms with van der Waals surface area (Å²) in [5, 5.41) is 11.6. The van der Waals surface area contributed by atoms with Gasteiger partial charge >= 0.3 is 6.03 Å². The van der Waals surface area contributed by atoms with Crippen LogP contribution in [0.1, 0.15) is 16.1 Å². The predicted molar refractivity (Wildman–Crippen MR) is 70.9 cm³/mol. The van der Waals surface area contributed by atoms with Crippen LogP contribution in [0.2, 0.25) is 0 Å². The van der Waals surface area contributed by atoms with Gasteiger partial charge in [-0.1, -0.05) is 0 Å². The second kappa shape index (κ2) is 5.21. The molecule has 1 aromatic carbocycles. The van der Waals surface area contributed by atoms with Crippen molar-refractivity contribution >= 4 is 23.3 Å². The molecule has 5 N–H and O–H groups in total.